The second-order valence-corrected chi connectivity index (χ2v) is 5.30. The van der Waals surface area contributed by atoms with Crippen molar-refractivity contribution in [1.29, 1.82) is 0 Å². The van der Waals surface area contributed by atoms with Crippen molar-refractivity contribution in [3.8, 4) is 0 Å². The Balaban J connectivity index is 1.90. The molecule has 1 aliphatic rings. The van der Waals surface area contributed by atoms with Gasteiger partial charge in [-0.2, -0.15) is 0 Å². The van der Waals surface area contributed by atoms with Gasteiger partial charge in [0.05, 0.1) is 5.52 Å². The van der Waals surface area contributed by atoms with Crippen LogP contribution in [-0.4, -0.2) is 9.97 Å². The quantitative estimate of drug-likeness (QED) is 0.786. The van der Waals surface area contributed by atoms with Crippen LogP contribution in [0.2, 0.25) is 0 Å². The lowest BCUT2D eigenvalue weighted by molar-refractivity contribution is 0.445. The Morgan fingerprint density at radius 1 is 1.06 bits per heavy atom. The van der Waals surface area contributed by atoms with Gasteiger partial charge in [0, 0.05) is 5.92 Å². The number of H-pyrrole nitrogens is 1. The maximum Gasteiger partial charge on any atom is 0.151 e. The van der Waals surface area contributed by atoms with E-state index in [1.165, 1.54) is 51.0 Å². The number of nitrogens with one attached hydrogen (secondary N) is 1. The molecule has 3 heteroatoms. The van der Waals surface area contributed by atoms with Crippen LogP contribution in [0, 0.1) is 5.82 Å². The number of benzene rings is 1. The molecular formula is C15H19FN2. The van der Waals surface area contributed by atoms with Crippen LogP contribution in [0.25, 0.3) is 11.0 Å². The van der Waals surface area contributed by atoms with E-state index in [-0.39, 0.29) is 5.82 Å². The summed E-state index contributed by atoms with van der Waals surface area (Å²) in [6.07, 6.45) is 8.91. The summed E-state index contributed by atoms with van der Waals surface area (Å²) in [7, 11) is 0. The SMILES string of the molecule is Fc1cccc2[nH]c(C3CCCCCCC3)nc12. The molecule has 1 saturated carbocycles. The largest absolute Gasteiger partial charge is 0.342 e. The van der Waals surface area contributed by atoms with Gasteiger partial charge in [0.15, 0.2) is 5.82 Å². The Hall–Kier alpha value is -1.38. The van der Waals surface area contributed by atoms with Gasteiger partial charge in [-0.05, 0) is 25.0 Å². The molecule has 1 heterocycles. The molecule has 0 radical (unpaired) electrons. The third-order valence-electron chi connectivity index (χ3n) is 3.97. The van der Waals surface area contributed by atoms with Crippen molar-refractivity contribution >= 4 is 11.0 Å². The zero-order chi connectivity index (χ0) is 12.4. The molecule has 0 spiro atoms. The molecular weight excluding hydrogens is 227 g/mol. The fourth-order valence-corrected chi connectivity index (χ4v) is 2.94. The van der Waals surface area contributed by atoms with E-state index in [1.54, 1.807) is 6.07 Å². The maximum atomic E-state index is 13.6. The van der Waals surface area contributed by atoms with Gasteiger partial charge < -0.3 is 4.98 Å². The molecule has 2 aromatic rings. The van der Waals surface area contributed by atoms with Gasteiger partial charge >= 0.3 is 0 Å². The molecule has 0 unspecified atom stereocenters. The molecule has 18 heavy (non-hydrogen) atoms. The van der Waals surface area contributed by atoms with Crippen LogP contribution in [0.1, 0.15) is 56.7 Å². The highest BCUT2D eigenvalue weighted by Crippen LogP contribution is 2.30. The third kappa shape index (κ3) is 2.26. The lowest BCUT2D eigenvalue weighted by Gasteiger charge is -2.17. The van der Waals surface area contributed by atoms with E-state index in [2.05, 4.69) is 9.97 Å². The van der Waals surface area contributed by atoms with Crippen LogP contribution in [-0.2, 0) is 0 Å². The van der Waals surface area contributed by atoms with Gasteiger partial charge in [-0.3, -0.25) is 0 Å². The lowest BCUT2D eigenvalue weighted by Crippen LogP contribution is -2.04. The van der Waals surface area contributed by atoms with Crippen LogP contribution in [0.3, 0.4) is 0 Å². The van der Waals surface area contributed by atoms with E-state index in [4.69, 9.17) is 0 Å². The van der Waals surface area contributed by atoms with E-state index in [1.807, 2.05) is 6.07 Å². The Kier molecular flexibility index (Phi) is 3.31. The number of aromatic nitrogens is 2. The molecule has 0 bridgehead atoms. The van der Waals surface area contributed by atoms with Crippen LogP contribution >= 0.6 is 0 Å². The van der Waals surface area contributed by atoms with Crippen molar-refractivity contribution in [1.82, 2.24) is 9.97 Å². The minimum atomic E-state index is -0.221. The fraction of sp³-hybridized carbons (Fsp3) is 0.533. The van der Waals surface area contributed by atoms with Gasteiger partial charge in [0.1, 0.15) is 11.3 Å². The molecule has 0 atom stereocenters. The number of fused-ring (bicyclic) bond motifs is 1. The van der Waals surface area contributed by atoms with Gasteiger partial charge in [-0.1, -0.05) is 38.2 Å². The number of nitrogens with zero attached hydrogens (tertiary/aromatic N) is 1. The van der Waals surface area contributed by atoms with E-state index >= 15 is 0 Å². The number of rotatable bonds is 1. The topological polar surface area (TPSA) is 28.7 Å². The molecule has 0 aliphatic heterocycles. The highest BCUT2D eigenvalue weighted by molar-refractivity contribution is 5.75. The third-order valence-corrected chi connectivity index (χ3v) is 3.97. The van der Waals surface area contributed by atoms with Crippen LogP contribution < -0.4 is 0 Å². The van der Waals surface area contributed by atoms with E-state index in [0.29, 0.717) is 11.4 Å². The van der Waals surface area contributed by atoms with E-state index in [0.717, 1.165) is 11.3 Å². The summed E-state index contributed by atoms with van der Waals surface area (Å²) in [6, 6.07) is 5.11. The summed E-state index contributed by atoms with van der Waals surface area (Å²) in [4.78, 5) is 7.78. The van der Waals surface area contributed by atoms with Crippen molar-refractivity contribution in [2.45, 2.75) is 50.9 Å². The van der Waals surface area contributed by atoms with Crippen molar-refractivity contribution in [3.05, 3.63) is 29.8 Å². The minimum Gasteiger partial charge on any atom is -0.342 e. The molecule has 1 N–H and O–H groups in total. The number of para-hydroxylation sites is 1. The maximum absolute atomic E-state index is 13.6. The second-order valence-electron chi connectivity index (χ2n) is 5.30. The normalized spacial score (nSPS) is 18.7. The summed E-state index contributed by atoms with van der Waals surface area (Å²) in [5, 5.41) is 0. The molecule has 0 saturated heterocycles. The first-order valence-electron chi connectivity index (χ1n) is 6.99. The van der Waals surface area contributed by atoms with Crippen molar-refractivity contribution in [2.24, 2.45) is 0 Å². The Morgan fingerprint density at radius 2 is 1.78 bits per heavy atom. The summed E-state index contributed by atoms with van der Waals surface area (Å²) in [5.74, 6) is 1.25. The monoisotopic (exact) mass is 246 g/mol. The van der Waals surface area contributed by atoms with Gasteiger partial charge in [-0.25, -0.2) is 9.37 Å². The molecule has 0 amide bonds. The summed E-state index contributed by atoms with van der Waals surface area (Å²) < 4.78 is 13.6. The fourth-order valence-electron chi connectivity index (χ4n) is 2.94. The standard InChI is InChI=1S/C15H19FN2/c16-12-9-6-10-13-14(12)18-15(17-13)11-7-4-2-1-3-5-8-11/h6,9-11H,1-5,7-8H2,(H,17,18). The zero-order valence-electron chi connectivity index (χ0n) is 10.6. The smallest absolute Gasteiger partial charge is 0.151 e. The van der Waals surface area contributed by atoms with Gasteiger partial charge in [-0.15, -0.1) is 0 Å². The summed E-state index contributed by atoms with van der Waals surface area (Å²) >= 11 is 0. The summed E-state index contributed by atoms with van der Waals surface area (Å²) in [5.41, 5.74) is 1.32. The molecule has 96 valence electrons. The Bertz CT molecular complexity index is 524. The number of halogens is 1. The average Bonchev–Trinajstić information content (AvgIpc) is 2.73. The van der Waals surface area contributed by atoms with Gasteiger partial charge in [0.2, 0.25) is 0 Å². The van der Waals surface area contributed by atoms with E-state index < -0.39 is 0 Å². The lowest BCUT2D eigenvalue weighted by atomic mass is 9.91. The highest BCUT2D eigenvalue weighted by Gasteiger charge is 2.18. The molecule has 1 aromatic carbocycles. The first kappa shape index (κ1) is 11.7. The van der Waals surface area contributed by atoms with Crippen LogP contribution in [0.4, 0.5) is 4.39 Å². The molecule has 1 aromatic heterocycles. The van der Waals surface area contributed by atoms with Crippen molar-refractivity contribution in [2.75, 3.05) is 0 Å². The van der Waals surface area contributed by atoms with Crippen molar-refractivity contribution < 1.29 is 4.39 Å². The number of hydrogen-bond acceptors (Lipinski definition) is 1. The van der Waals surface area contributed by atoms with Crippen molar-refractivity contribution in [3.63, 3.8) is 0 Å². The first-order valence-corrected chi connectivity index (χ1v) is 6.99. The molecule has 3 rings (SSSR count). The zero-order valence-corrected chi connectivity index (χ0v) is 10.6. The second kappa shape index (κ2) is 5.09. The van der Waals surface area contributed by atoms with Crippen LogP contribution in [0.5, 0.6) is 0 Å². The number of imidazole rings is 1. The van der Waals surface area contributed by atoms with Crippen LogP contribution in [0.15, 0.2) is 18.2 Å². The molecule has 1 aliphatic carbocycles. The highest BCUT2D eigenvalue weighted by atomic mass is 19.1. The minimum absolute atomic E-state index is 0.221. The Morgan fingerprint density at radius 3 is 2.50 bits per heavy atom. The number of hydrogen-bond donors (Lipinski definition) is 1. The molecule has 1 fully saturated rings. The average molecular weight is 246 g/mol. The van der Waals surface area contributed by atoms with E-state index in [9.17, 15) is 4.39 Å². The predicted molar refractivity (Wildman–Crippen MR) is 71.1 cm³/mol. The molecule has 2 nitrogen and oxygen atoms in total. The Labute approximate surface area is 107 Å². The number of aromatic amines is 1. The van der Waals surface area contributed by atoms with Gasteiger partial charge in [0.25, 0.3) is 0 Å². The predicted octanol–water partition coefficient (Wildman–Crippen LogP) is 4.53. The first-order chi connectivity index (χ1) is 8.84. The summed E-state index contributed by atoms with van der Waals surface area (Å²) in [6.45, 7) is 0.